The molecular weight excluding hydrogens is 170 g/mol. The number of nitrogens with one attached hydrogen (secondary N) is 1. The predicted molar refractivity (Wildman–Crippen MR) is 50.3 cm³/mol. The molecule has 0 aliphatic rings. The predicted octanol–water partition coefficient (Wildman–Crippen LogP) is 0.0745. The molecule has 1 atom stereocenters. The van der Waals surface area contributed by atoms with Crippen LogP contribution in [-0.4, -0.2) is 36.4 Å². The van der Waals surface area contributed by atoms with Crippen molar-refractivity contribution in [2.24, 2.45) is 0 Å². The van der Waals surface area contributed by atoms with Crippen LogP contribution < -0.4 is 5.32 Å². The lowest BCUT2D eigenvalue weighted by atomic mass is 10.3. The third-order valence-corrected chi connectivity index (χ3v) is 1.33. The van der Waals surface area contributed by atoms with Gasteiger partial charge in [-0.1, -0.05) is 26.5 Å². The fraction of sp³-hybridized carbons (Fsp3) is 0.667. The standard InChI is InChI=1S/C9H17NO3/c1-4-5-13-9(12)8(11)6-10-7(2)3/h4,7-8,10-11H,1,5-6H2,2-3H3. The number of hydrogen-bond donors (Lipinski definition) is 2. The lowest BCUT2D eigenvalue weighted by Gasteiger charge is -2.12. The molecule has 0 heterocycles. The quantitative estimate of drug-likeness (QED) is 0.456. The van der Waals surface area contributed by atoms with E-state index in [0.29, 0.717) is 0 Å². The number of rotatable bonds is 6. The molecule has 0 bridgehead atoms. The van der Waals surface area contributed by atoms with Crippen LogP contribution in [0.15, 0.2) is 12.7 Å². The summed E-state index contributed by atoms with van der Waals surface area (Å²) in [4.78, 5) is 11.0. The van der Waals surface area contributed by atoms with E-state index in [2.05, 4.69) is 16.6 Å². The van der Waals surface area contributed by atoms with Gasteiger partial charge >= 0.3 is 5.97 Å². The summed E-state index contributed by atoms with van der Waals surface area (Å²) in [7, 11) is 0. The maximum absolute atomic E-state index is 11.0. The van der Waals surface area contributed by atoms with Crippen LogP contribution in [0.5, 0.6) is 0 Å². The number of ether oxygens (including phenoxy) is 1. The molecule has 0 rings (SSSR count). The van der Waals surface area contributed by atoms with E-state index in [1.807, 2.05) is 13.8 Å². The SMILES string of the molecule is C=CCOC(=O)C(O)CNC(C)C. The van der Waals surface area contributed by atoms with E-state index in [0.717, 1.165) is 0 Å². The summed E-state index contributed by atoms with van der Waals surface area (Å²) in [5.74, 6) is -0.618. The molecule has 0 aliphatic heterocycles. The highest BCUT2D eigenvalue weighted by atomic mass is 16.5. The zero-order valence-electron chi connectivity index (χ0n) is 8.12. The average molecular weight is 187 g/mol. The molecule has 0 aromatic heterocycles. The van der Waals surface area contributed by atoms with Crippen molar-refractivity contribution in [1.29, 1.82) is 0 Å². The molecule has 4 heteroatoms. The van der Waals surface area contributed by atoms with Crippen molar-refractivity contribution in [2.75, 3.05) is 13.2 Å². The molecule has 0 fully saturated rings. The summed E-state index contributed by atoms with van der Waals surface area (Å²) in [5.41, 5.74) is 0. The summed E-state index contributed by atoms with van der Waals surface area (Å²) in [6.45, 7) is 7.61. The number of aliphatic hydroxyl groups is 1. The minimum Gasteiger partial charge on any atom is -0.460 e. The highest BCUT2D eigenvalue weighted by Gasteiger charge is 2.15. The first-order chi connectivity index (χ1) is 6.07. The van der Waals surface area contributed by atoms with Crippen molar-refractivity contribution < 1.29 is 14.6 Å². The Morgan fingerprint density at radius 1 is 1.69 bits per heavy atom. The van der Waals surface area contributed by atoms with E-state index in [-0.39, 0.29) is 19.2 Å². The van der Waals surface area contributed by atoms with Crippen LogP contribution in [0.3, 0.4) is 0 Å². The first-order valence-electron chi connectivity index (χ1n) is 4.27. The molecular formula is C9H17NO3. The highest BCUT2D eigenvalue weighted by molar-refractivity contribution is 5.74. The molecule has 4 nitrogen and oxygen atoms in total. The van der Waals surface area contributed by atoms with Gasteiger partial charge < -0.3 is 15.2 Å². The van der Waals surface area contributed by atoms with Crippen molar-refractivity contribution in [3.8, 4) is 0 Å². The van der Waals surface area contributed by atoms with Crippen LogP contribution >= 0.6 is 0 Å². The normalized spacial score (nSPS) is 12.6. The zero-order chi connectivity index (χ0) is 10.3. The van der Waals surface area contributed by atoms with Gasteiger partial charge in [0, 0.05) is 12.6 Å². The van der Waals surface area contributed by atoms with Crippen LogP contribution in [0.2, 0.25) is 0 Å². The van der Waals surface area contributed by atoms with Gasteiger partial charge in [0.2, 0.25) is 0 Å². The third kappa shape index (κ3) is 6.31. The summed E-state index contributed by atoms with van der Waals surface area (Å²) in [6, 6.07) is 0.238. The van der Waals surface area contributed by atoms with Crippen LogP contribution in [0.4, 0.5) is 0 Å². The van der Waals surface area contributed by atoms with Gasteiger partial charge in [-0.2, -0.15) is 0 Å². The fourth-order valence-electron chi connectivity index (χ4n) is 0.668. The molecule has 13 heavy (non-hydrogen) atoms. The molecule has 0 saturated carbocycles. The molecule has 0 aromatic carbocycles. The van der Waals surface area contributed by atoms with E-state index in [9.17, 15) is 9.90 Å². The lowest BCUT2D eigenvalue weighted by molar-refractivity contribution is -0.151. The molecule has 0 spiro atoms. The maximum atomic E-state index is 11.0. The maximum Gasteiger partial charge on any atom is 0.336 e. The molecule has 76 valence electrons. The summed E-state index contributed by atoms with van der Waals surface area (Å²) in [6.07, 6.45) is 0.364. The van der Waals surface area contributed by atoms with E-state index < -0.39 is 12.1 Å². The molecule has 0 amide bonds. The number of aliphatic hydroxyl groups excluding tert-OH is 1. The number of carbonyl (C=O) groups excluding carboxylic acids is 1. The van der Waals surface area contributed by atoms with Gasteiger partial charge in [0.15, 0.2) is 6.10 Å². The number of hydrogen-bond acceptors (Lipinski definition) is 4. The lowest BCUT2D eigenvalue weighted by Crippen LogP contribution is -2.37. The molecule has 2 N–H and O–H groups in total. The Hall–Kier alpha value is -0.870. The summed E-state index contributed by atoms with van der Waals surface area (Å²) in [5, 5.41) is 12.1. The van der Waals surface area contributed by atoms with E-state index in [1.165, 1.54) is 6.08 Å². The van der Waals surface area contributed by atoms with Crippen LogP contribution in [0.1, 0.15) is 13.8 Å². The second-order valence-electron chi connectivity index (χ2n) is 3.00. The van der Waals surface area contributed by atoms with E-state index in [4.69, 9.17) is 0 Å². The average Bonchev–Trinajstić information content (AvgIpc) is 2.10. The highest BCUT2D eigenvalue weighted by Crippen LogP contribution is 1.88. The van der Waals surface area contributed by atoms with E-state index in [1.54, 1.807) is 0 Å². The van der Waals surface area contributed by atoms with Crippen molar-refractivity contribution in [2.45, 2.75) is 26.0 Å². The summed E-state index contributed by atoms with van der Waals surface area (Å²) >= 11 is 0. The Labute approximate surface area is 78.6 Å². The molecule has 1 unspecified atom stereocenters. The smallest absolute Gasteiger partial charge is 0.336 e. The van der Waals surface area contributed by atoms with Gasteiger partial charge in [-0.25, -0.2) is 4.79 Å². The largest absolute Gasteiger partial charge is 0.460 e. The molecule has 0 radical (unpaired) electrons. The minimum absolute atomic E-state index is 0.136. The van der Waals surface area contributed by atoms with Gasteiger partial charge in [-0.3, -0.25) is 0 Å². The van der Waals surface area contributed by atoms with E-state index >= 15 is 0 Å². The molecule has 0 saturated heterocycles. The second kappa shape index (κ2) is 6.62. The monoisotopic (exact) mass is 187 g/mol. The van der Waals surface area contributed by atoms with Crippen LogP contribution in [0.25, 0.3) is 0 Å². The Balaban J connectivity index is 3.62. The Morgan fingerprint density at radius 3 is 2.77 bits per heavy atom. The van der Waals surface area contributed by atoms with Gasteiger partial charge in [-0.05, 0) is 0 Å². The molecule has 0 aromatic rings. The van der Waals surface area contributed by atoms with Crippen molar-refractivity contribution in [3.63, 3.8) is 0 Å². The van der Waals surface area contributed by atoms with Crippen LogP contribution in [0, 0.1) is 0 Å². The van der Waals surface area contributed by atoms with Crippen molar-refractivity contribution in [1.82, 2.24) is 5.32 Å². The second-order valence-corrected chi connectivity index (χ2v) is 3.00. The molecule has 0 aliphatic carbocycles. The summed E-state index contributed by atoms with van der Waals surface area (Å²) < 4.78 is 4.64. The topological polar surface area (TPSA) is 58.6 Å². The minimum atomic E-state index is -1.10. The first-order valence-corrected chi connectivity index (χ1v) is 4.27. The number of esters is 1. The zero-order valence-corrected chi connectivity index (χ0v) is 8.12. The fourth-order valence-corrected chi connectivity index (χ4v) is 0.668. The van der Waals surface area contributed by atoms with Gasteiger partial charge in [0.05, 0.1) is 0 Å². The van der Waals surface area contributed by atoms with Crippen molar-refractivity contribution in [3.05, 3.63) is 12.7 Å². The first kappa shape index (κ1) is 12.1. The van der Waals surface area contributed by atoms with Gasteiger partial charge in [0.25, 0.3) is 0 Å². The third-order valence-electron chi connectivity index (χ3n) is 1.33. The Bertz CT molecular complexity index is 168. The van der Waals surface area contributed by atoms with Gasteiger partial charge in [0.1, 0.15) is 6.61 Å². The Morgan fingerprint density at radius 2 is 2.31 bits per heavy atom. The van der Waals surface area contributed by atoms with Gasteiger partial charge in [-0.15, -0.1) is 0 Å². The van der Waals surface area contributed by atoms with Crippen LogP contribution in [-0.2, 0) is 9.53 Å². The Kier molecular flexibility index (Phi) is 6.18. The van der Waals surface area contributed by atoms with Crippen molar-refractivity contribution >= 4 is 5.97 Å². The number of carbonyl (C=O) groups is 1.